The summed E-state index contributed by atoms with van der Waals surface area (Å²) in [5.74, 6) is 0.00525. The Morgan fingerprint density at radius 2 is 1.59 bits per heavy atom. The zero-order chi connectivity index (χ0) is 15.6. The zero-order valence-electron chi connectivity index (χ0n) is 12.4. The summed E-state index contributed by atoms with van der Waals surface area (Å²) in [7, 11) is 0. The number of hydrogen-bond donors (Lipinski definition) is 2. The van der Waals surface area contributed by atoms with Crippen molar-refractivity contribution in [3.05, 3.63) is 24.3 Å². The number of rotatable bonds is 4. The molecule has 1 aromatic carbocycles. The molecule has 2 saturated carbocycles. The van der Waals surface area contributed by atoms with Crippen molar-refractivity contribution in [3.63, 3.8) is 0 Å². The predicted molar refractivity (Wildman–Crippen MR) is 82.9 cm³/mol. The number of nitrogens with one attached hydrogen (secondary N) is 2. The summed E-state index contributed by atoms with van der Waals surface area (Å²) in [4.78, 5) is 24.0. The molecule has 2 N–H and O–H groups in total. The van der Waals surface area contributed by atoms with Gasteiger partial charge in [-0.05, 0) is 49.9 Å². The third-order valence-corrected chi connectivity index (χ3v) is 4.46. The van der Waals surface area contributed by atoms with Gasteiger partial charge in [-0.3, -0.25) is 9.59 Å². The molecule has 114 valence electrons. The standard InChI is InChI=1S/C17H19N3O2/c18-11-17(9-1-2-10-17)16(22)20-14-7-5-13(6-8-14)19-15(21)12-3-4-12/h5-8,12H,1-4,9-10H2,(H,19,21)(H,20,22). The number of amides is 2. The number of nitrogens with zero attached hydrogens (tertiary/aromatic N) is 1. The van der Waals surface area contributed by atoms with E-state index in [-0.39, 0.29) is 17.7 Å². The summed E-state index contributed by atoms with van der Waals surface area (Å²) >= 11 is 0. The van der Waals surface area contributed by atoms with Crippen LogP contribution in [-0.4, -0.2) is 11.8 Å². The van der Waals surface area contributed by atoms with Gasteiger partial charge in [0.25, 0.3) is 0 Å². The summed E-state index contributed by atoms with van der Waals surface area (Å²) < 4.78 is 0. The third-order valence-electron chi connectivity index (χ3n) is 4.46. The van der Waals surface area contributed by atoms with Gasteiger partial charge in [0.15, 0.2) is 0 Å². The molecule has 0 spiro atoms. The van der Waals surface area contributed by atoms with Gasteiger partial charge in [0.1, 0.15) is 5.41 Å². The van der Waals surface area contributed by atoms with Gasteiger partial charge in [0.05, 0.1) is 6.07 Å². The van der Waals surface area contributed by atoms with Crippen LogP contribution in [-0.2, 0) is 9.59 Å². The molecule has 0 aliphatic heterocycles. The van der Waals surface area contributed by atoms with Crippen LogP contribution in [0, 0.1) is 22.7 Å². The molecule has 0 aromatic heterocycles. The highest BCUT2D eigenvalue weighted by Crippen LogP contribution is 2.38. The average Bonchev–Trinajstić information content (AvgIpc) is 3.27. The first-order valence-corrected chi connectivity index (χ1v) is 7.77. The lowest BCUT2D eigenvalue weighted by Crippen LogP contribution is -2.32. The van der Waals surface area contributed by atoms with Crippen molar-refractivity contribution in [2.75, 3.05) is 10.6 Å². The molecular weight excluding hydrogens is 278 g/mol. The van der Waals surface area contributed by atoms with Gasteiger partial charge < -0.3 is 10.6 Å². The second-order valence-corrected chi connectivity index (χ2v) is 6.20. The molecule has 5 nitrogen and oxygen atoms in total. The molecule has 0 heterocycles. The SMILES string of the molecule is N#CC1(C(=O)Nc2ccc(NC(=O)C3CC3)cc2)CCCC1. The molecule has 0 atom stereocenters. The van der Waals surface area contributed by atoms with E-state index < -0.39 is 5.41 Å². The van der Waals surface area contributed by atoms with Crippen molar-refractivity contribution in [1.29, 1.82) is 5.26 Å². The van der Waals surface area contributed by atoms with Gasteiger partial charge >= 0.3 is 0 Å². The van der Waals surface area contributed by atoms with Crippen LogP contribution in [0.25, 0.3) is 0 Å². The molecule has 0 bridgehead atoms. The molecule has 1 aromatic rings. The monoisotopic (exact) mass is 297 g/mol. The highest BCUT2D eigenvalue weighted by Gasteiger charge is 2.41. The minimum atomic E-state index is -0.876. The van der Waals surface area contributed by atoms with E-state index in [1.807, 2.05) is 0 Å². The Balaban J connectivity index is 1.62. The molecule has 3 rings (SSSR count). The van der Waals surface area contributed by atoms with E-state index in [4.69, 9.17) is 0 Å². The normalized spacial score (nSPS) is 19.2. The van der Waals surface area contributed by atoms with E-state index in [2.05, 4.69) is 16.7 Å². The Hall–Kier alpha value is -2.35. The predicted octanol–water partition coefficient (Wildman–Crippen LogP) is 3.06. The smallest absolute Gasteiger partial charge is 0.244 e. The fraction of sp³-hybridized carbons (Fsp3) is 0.471. The van der Waals surface area contributed by atoms with Crippen molar-refractivity contribution in [2.45, 2.75) is 38.5 Å². The van der Waals surface area contributed by atoms with Crippen LogP contribution < -0.4 is 10.6 Å². The van der Waals surface area contributed by atoms with Crippen molar-refractivity contribution in [1.82, 2.24) is 0 Å². The second-order valence-electron chi connectivity index (χ2n) is 6.20. The lowest BCUT2D eigenvalue weighted by molar-refractivity contribution is -0.122. The zero-order valence-corrected chi connectivity index (χ0v) is 12.4. The first kappa shape index (κ1) is 14.6. The van der Waals surface area contributed by atoms with E-state index in [0.717, 1.165) is 31.4 Å². The van der Waals surface area contributed by atoms with Crippen LogP contribution >= 0.6 is 0 Å². The summed E-state index contributed by atoms with van der Waals surface area (Å²) in [5.41, 5.74) is 0.500. The van der Waals surface area contributed by atoms with E-state index in [1.54, 1.807) is 24.3 Å². The summed E-state index contributed by atoms with van der Waals surface area (Å²) in [6, 6.07) is 9.22. The fourth-order valence-corrected chi connectivity index (χ4v) is 2.85. The summed E-state index contributed by atoms with van der Waals surface area (Å²) in [5, 5.41) is 15.0. The molecule has 2 fully saturated rings. The number of anilines is 2. The van der Waals surface area contributed by atoms with Crippen molar-refractivity contribution in [2.24, 2.45) is 11.3 Å². The first-order valence-electron chi connectivity index (χ1n) is 7.77. The number of nitriles is 1. The van der Waals surface area contributed by atoms with Crippen molar-refractivity contribution >= 4 is 23.2 Å². The van der Waals surface area contributed by atoms with E-state index in [9.17, 15) is 14.9 Å². The van der Waals surface area contributed by atoms with E-state index in [1.165, 1.54) is 0 Å². The Morgan fingerprint density at radius 3 is 2.09 bits per heavy atom. The van der Waals surface area contributed by atoms with Crippen LogP contribution in [0.15, 0.2) is 24.3 Å². The lowest BCUT2D eigenvalue weighted by Gasteiger charge is -2.19. The van der Waals surface area contributed by atoms with Crippen LogP contribution in [0.3, 0.4) is 0 Å². The van der Waals surface area contributed by atoms with Gasteiger partial charge in [0, 0.05) is 17.3 Å². The largest absolute Gasteiger partial charge is 0.326 e. The second kappa shape index (κ2) is 5.80. The molecule has 0 radical (unpaired) electrons. The maximum absolute atomic E-state index is 12.3. The molecule has 5 heteroatoms. The fourth-order valence-electron chi connectivity index (χ4n) is 2.85. The summed E-state index contributed by atoms with van der Waals surface area (Å²) in [6.45, 7) is 0. The molecular formula is C17H19N3O2. The molecule has 2 aliphatic rings. The van der Waals surface area contributed by atoms with Crippen LogP contribution in [0.2, 0.25) is 0 Å². The third kappa shape index (κ3) is 2.96. The Kier molecular flexibility index (Phi) is 3.84. The highest BCUT2D eigenvalue weighted by molar-refractivity contribution is 5.98. The molecule has 0 unspecified atom stereocenters. The van der Waals surface area contributed by atoms with Crippen molar-refractivity contribution < 1.29 is 9.59 Å². The number of carbonyl (C=O) groups is 2. The number of hydrogen-bond acceptors (Lipinski definition) is 3. The number of benzene rings is 1. The van der Waals surface area contributed by atoms with Crippen LogP contribution in [0.5, 0.6) is 0 Å². The molecule has 2 aliphatic carbocycles. The minimum absolute atomic E-state index is 0.0613. The van der Waals surface area contributed by atoms with E-state index in [0.29, 0.717) is 18.5 Å². The Labute approximate surface area is 129 Å². The van der Waals surface area contributed by atoms with Gasteiger partial charge in [-0.15, -0.1) is 0 Å². The Morgan fingerprint density at radius 1 is 1.05 bits per heavy atom. The first-order chi connectivity index (χ1) is 10.6. The maximum atomic E-state index is 12.3. The quantitative estimate of drug-likeness (QED) is 0.896. The lowest BCUT2D eigenvalue weighted by atomic mass is 9.87. The van der Waals surface area contributed by atoms with E-state index >= 15 is 0 Å². The summed E-state index contributed by atoms with van der Waals surface area (Å²) in [6.07, 6.45) is 5.04. The van der Waals surface area contributed by atoms with Gasteiger partial charge in [0.2, 0.25) is 11.8 Å². The Bertz CT molecular complexity index is 620. The van der Waals surface area contributed by atoms with Crippen molar-refractivity contribution in [3.8, 4) is 6.07 Å². The van der Waals surface area contributed by atoms with Crippen LogP contribution in [0.4, 0.5) is 11.4 Å². The maximum Gasteiger partial charge on any atom is 0.244 e. The minimum Gasteiger partial charge on any atom is -0.326 e. The van der Waals surface area contributed by atoms with Gasteiger partial charge in [-0.1, -0.05) is 12.8 Å². The molecule has 22 heavy (non-hydrogen) atoms. The molecule has 2 amide bonds. The highest BCUT2D eigenvalue weighted by atomic mass is 16.2. The number of carbonyl (C=O) groups excluding carboxylic acids is 2. The van der Waals surface area contributed by atoms with Crippen LogP contribution in [0.1, 0.15) is 38.5 Å². The topological polar surface area (TPSA) is 82.0 Å². The molecule has 0 saturated heterocycles. The average molecular weight is 297 g/mol. The van der Waals surface area contributed by atoms with Gasteiger partial charge in [-0.2, -0.15) is 5.26 Å². The van der Waals surface area contributed by atoms with Gasteiger partial charge in [-0.25, -0.2) is 0 Å².